The van der Waals surface area contributed by atoms with Crippen molar-refractivity contribution in [3.05, 3.63) is 0 Å². The van der Waals surface area contributed by atoms with Gasteiger partial charge in [-0.1, -0.05) is 0 Å². The summed E-state index contributed by atoms with van der Waals surface area (Å²) in [7, 11) is 0. The van der Waals surface area contributed by atoms with E-state index in [1.165, 1.54) is 0 Å². The molecule has 1 amide bonds. The van der Waals surface area contributed by atoms with E-state index >= 15 is 0 Å². The van der Waals surface area contributed by atoms with Crippen LogP contribution in [0.1, 0.15) is 33.6 Å². The molecule has 0 aromatic carbocycles. The minimum absolute atomic E-state index is 0.104. The first-order chi connectivity index (χ1) is 6.87. The van der Waals surface area contributed by atoms with Gasteiger partial charge in [0.2, 0.25) is 0 Å². The number of amides is 1. The van der Waals surface area contributed by atoms with Gasteiger partial charge in [-0.05, 0) is 27.2 Å². The average Bonchev–Trinajstić information content (AvgIpc) is 2.45. The zero-order valence-corrected chi connectivity index (χ0v) is 9.45. The maximum absolute atomic E-state index is 11.2. The Kier molecular flexibility index (Phi) is 3.93. The first-order valence-electron chi connectivity index (χ1n) is 5.17. The van der Waals surface area contributed by atoms with Crippen LogP contribution in [0.3, 0.4) is 0 Å². The second-order valence-electron chi connectivity index (χ2n) is 4.67. The molecule has 0 radical (unpaired) electrons. The van der Waals surface area contributed by atoms with Crippen molar-refractivity contribution in [3.63, 3.8) is 0 Å². The van der Waals surface area contributed by atoms with Crippen LogP contribution >= 0.6 is 0 Å². The maximum atomic E-state index is 11.2. The van der Waals surface area contributed by atoms with Gasteiger partial charge in [-0.3, -0.25) is 0 Å². The summed E-state index contributed by atoms with van der Waals surface area (Å²) in [6.07, 6.45) is 0.146. The quantitative estimate of drug-likeness (QED) is 0.724. The summed E-state index contributed by atoms with van der Waals surface area (Å²) in [5, 5.41) is 11.7. The lowest BCUT2D eigenvalue weighted by Crippen LogP contribution is -2.36. The number of aliphatic hydroxyl groups is 1. The van der Waals surface area contributed by atoms with Gasteiger partial charge >= 0.3 is 6.09 Å². The van der Waals surface area contributed by atoms with Crippen molar-refractivity contribution >= 4 is 6.09 Å². The second kappa shape index (κ2) is 4.81. The van der Waals surface area contributed by atoms with Gasteiger partial charge in [-0.25, -0.2) is 4.79 Å². The molecule has 1 rings (SSSR count). The molecule has 0 aromatic rings. The Labute approximate surface area is 89.8 Å². The van der Waals surface area contributed by atoms with Crippen LogP contribution in [0.4, 0.5) is 4.79 Å². The van der Waals surface area contributed by atoms with E-state index in [1.807, 2.05) is 20.8 Å². The zero-order valence-electron chi connectivity index (χ0n) is 9.45. The normalized spacial score (nSPS) is 26.4. The van der Waals surface area contributed by atoms with Crippen molar-refractivity contribution in [1.82, 2.24) is 5.32 Å². The fourth-order valence-corrected chi connectivity index (χ4v) is 1.35. The highest BCUT2D eigenvalue weighted by Gasteiger charge is 2.24. The molecule has 0 aliphatic carbocycles. The summed E-state index contributed by atoms with van der Waals surface area (Å²) in [6.45, 7) is 5.80. The minimum atomic E-state index is -0.685. The largest absolute Gasteiger partial charge is 0.444 e. The minimum Gasteiger partial charge on any atom is -0.444 e. The van der Waals surface area contributed by atoms with Gasteiger partial charge in [0.1, 0.15) is 5.60 Å². The predicted molar refractivity (Wildman–Crippen MR) is 54.4 cm³/mol. The molecule has 0 saturated carbocycles. The number of rotatable bonds is 2. The Balaban J connectivity index is 2.17. The molecule has 0 spiro atoms. The van der Waals surface area contributed by atoms with Crippen LogP contribution in [-0.2, 0) is 9.47 Å². The van der Waals surface area contributed by atoms with Crippen LogP contribution in [0, 0.1) is 0 Å². The molecule has 5 heteroatoms. The fraction of sp³-hybridized carbons (Fsp3) is 0.900. The van der Waals surface area contributed by atoms with Gasteiger partial charge in [0.25, 0.3) is 0 Å². The Bertz CT molecular complexity index is 224. The topological polar surface area (TPSA) is 67.8 Å². The molecule has 1 aliphatic heterocycles. The van der Waals surface area contributed by atoms with Crippen molar-refractivity contribution in [2.24, 2.45) is 0 Å². The monoisotopic (exact) mass is 217 g/mol. The van der Waals surface area contributed by atoms with E-state index in [0.717, 1.165) is 6.42 Å². The maximum Gasteiger partial charge on any atom is 0.407 e. The number of hydrogen-bond acceptors (Lipinski definition) is 4. The number of nitrogens with one attached hydrogen (secondary N) is 1. The lowest BCUT2D eigenvalue weighted by atomic mass is 10.2. The predicted octanol–water partition coefficient (Wildman–Crippen LogP) is 1.01. The van der Waals surface area contributed by atoms with Crippen molar-refractivity contribution in [2.45, 2.75) is 51.6 Å². The summed E-state index contributed by atoms with van der Waals surface area (Å²) < 4.78 is 10.2. The van der Waals surface area contributed by atoms with Gasteiger partial charge < -0.3 is 19.9 Å². The molecule has 2 unspecified atom stereocenters. The van der Waals surface area contributed by atoms with Crippen molar-refractivity contribution in [1.29, 1.82) is 0 Å². The third kappa shape index (κ3) is 4.99. The van der Waals surface area contributed by atoms with E-state index in [1.54, 1.807) is 0 Å². The van der Waals surface area contributed by atoms with Crippen molar-refractivity contribution in [3.8, 4) is 0 Å². The smallest absolute Gasteiger partial charge is 0.407 e. The Hall–Kier alpha value is -0.810. The summed E-state index contributed by atoms with van der Waals surface area (Å²) in [5.41, 5.74) is -0.486. The Morgan fingerprint density at radius 3 is 2.67 bits per heavy atom. The zero-order chi connectivity index (χ0) is 11.5. The SMILES string of the molecule is CC(C)(C)OC(=O)NCC1CCC(O)O1. The molecule has 1 saturated heterocycles. The molecule has 2 N–H and O–H groups in total. The molecule has 1 aliphatic rings. The molecule has 88 valence electrons. The lowest BCUT2D eigenvalue weighted by Gasteiger charge is -2.20. The van der Waals surface area contributed by atoms with Crippen LogP contribution < -0.4 is 5.32 Å². The molecule has 1 heterocycles. The summed E-state index contributed by atoms with van der Waals surface area (Å²) in [6, 6.07) is 0. The first kappa shape index (κ1) is 12.3. The average molecular weight is 217 g/mol. The Morgan fingerprint density at radius 1 is 1.53 bits per heavy atom. The molecule has 1 fully saturated rings. The number of aliphatic hydroxyl groups excluding tert-OH is 1. The summed E-state index contributed by atoms with van der Waals surface area (Å²) in [4.78, 5) is 11.2. The molecule has 15 heavy (non-hydrogen) atoms. The number of carbonyl (C=O) groups excluding carboxylic acids is 1. The van der Waals surface area contributed by atoms with E-state index in [2.05, 4.69) is 5.32 Å². The number of hydrogen-bond donors (Lipinski definition) is 2. The van der Waals surface area contributed by atoms with Crippen LogP contribution in [0.15, 0.2) is 0 Å². The highest BCUT2D eigenvalue weighted by Crippen LogP contribution is 2.16. The van der Waals surface area contributed by atoms with Crippen LogP contribution in [0.25, 0.3) is 0 Å². The molecule has 2 atom stereocenters. The standard InChI is InChI=1S/C10H19NO4/c1-10(2,3)15-9(13)11-6-7-4-5-8(12)14-7/h7-8,12H,4-6H2,1-3H3,(H,11,13). The highest BCUT2D eigenvalue weighted by atomic mass is 16.6. The van der Waals surface area contributed by atoms with Gasteiger partial charge in [0.05, 0.1) is 6.10 Å². The number of ether oxygens (including phenoxy) is 2. The van der Waals surface area contributed by atoms with E-state index in [0.29, 0.717) is 13.0 Å². The molecular weight excluding hydrogens is 198 g/mol. The van der Waals surface area contributed by atoms with E-state index in [9.17, 15) is 4.79 Å². The summed E-state index contributed by atoms with van der Waals surface area (Å²) in [5.74, 6) is 0. The number of carbonyl (C=O) groups is 1. The van der Waals surface area contributed by atoms with E-state index < -0.39 is 18.0 Å². The third-order valence-electron chi connectivity index (χ3n) is 1.96. The summed E-state index contributed by atoms with van der Waals surface area (Å²) >= 11 is 0. The molecule has 0 aromatic heterocycles. The van der Waals surface area contributed by atoms with E-state index in [-0.39, 0.29) is 6.10 Å². The van der Waals surface area contributed by atoms with Crippen LogP contribution in [0.5, 0.6) is 0 Å². The van der Waals surface area contributed by atoms with Crippen LogP contribution in [-0.4, -0.2) is 35.7 Å². The Morgan fingerprint density at radius 2 is 2.20 bits per heavy atom. The molecule has 0 bridgehead atoms. The van der Waals surface area contributed by atoms with Crippen molar-refractivity contribution in [2.75, 3.05) is 6.54 Å². The van der Waals surface area contributed by atoms with Crippen LogP contribution in [0.2, 0.25) is 0 Å². The van der Waals surface area contributed by atoms with Gasteiger partial charge in [-0.2, -0.15) is 0 Å². The second-order valence-corrected chi connectivity index (χ2v) is 4.67. The van der Waals surface area contributed by atoms with Gasteiger partial charge in [0.15, 0.2) is 6.29 Å². The van der Waals surface area contributed by atoms with Gasteiger partial charge in [0, 0.05) is 13.0 Å². The fourth-order valence-electron chi connectivity index (χ4n) is 1.35. The molecular formula is C10H19NO4. The molecule has 5 nitrogen and oxygen atoms in total. The third-order valence-corrected chi connectivity index (χ3v) is 1.96. The number of alkyl carbamates (subject to hydrolysis) is 1. The first-order valence-corrected chi connectivity index (χ1v) is 5.17. The lowest BCUT2D eigenvalue weighted by molar-refractivity contribution is -0.0891. The highest BCUT2D eigenvalue weighted by molar-refractivity contribution is 5.67. The van der Waals surface area contributed by atoms with Gasteiger partial charge in [-0.15, -0.1) is 0 Å². The van der Waals surface area contributed by atoms with Crippen molar-refractivity contribution < 1.29 is 19.4 Å². The van der Waals surface area contributed by atoms with E-state index in [4.69, 9.17) is 14.6 Å².